The molecule has 0 unspecified atom stereocenters. The summed E-state index contributed by atoms with van der Waals surface area (Å²) in [5.74, 6) is 1.79. The van der Waals surface area contributed by atoms with Crippen LogP contribution in [0.25, 0.3) is 98.2 Å². The summed E-state index contributed by atoms with van der Waals surface area (Å²) in [5.41, 5.74) is 7.08. The van der Waals surface area contributed by atoms with Gasteiger partial charge in [0, 0.05) is 54.3 Å². The van der Waals surface area contributed by atoms with Gasteiger partial charge in [0.25, 0.3) is 0 Å². The Morgan fingerprint density at radius 3 is 1.96 bits per heavy atom. The molecule has 11 rings (SSSR count). The summed E-state index contributed by atoms with van der Waals surface area (Å²) in [6.45, 7) is 0. The number of aromatic nitrogens is 6. The first-order valence-electron chi connectivity index (χ1n) is 16.9. The highest BCUT2D eigenvalue weighted by Gasteiger charge is 2.23. The first-order valence-corrected chi connectivity index (χ1v) is 17.7. The second-order valence-electron chi connectivity index (χ2n) is 12.7. The Morgan fingerprint density at radius 1 is 0.451 bits per heavy atom. The highest BCUT2D eigenvalue weighted by Crippen LogP contribution is 2.43. The van der Waals surface area contributed by atoms with E-state index in [1.807, 2.05) is 41.9 Å². The molecule has 0 aliphatic heterocycles. The van der Waals surface area contributed by atoms with Gasteiger partial charge in [-0.3, -0.25) is 9.55 Å². The van der Waals surface area contributed by atoms with Crippen LogP contribution in [-0.4, -0.2) is 29.1 Å². The van der Waals surface area contributed by atoms with E-state index in [1.165, 1.54) is 30.9 Å². The van der Waals surface area contributed by atoms with Gasteiger partial charge in [0.2, 0.25) is 5.95 Å². The van der Waals surface area contributed by atoms with E-state index in [4.69, 9.17) is 15.0 Å². The molecule has 7 heteroatoms. The molecule has 0 atom stereocenters. The first kappa shape index (κ1) is 28.2. The SMILES string of the molecule is c1ccc(-c2nc(-c3ccccc3-n3c4ccccc4c4ccncc43)nc(-n3c4ccccc4c4ccc5c6ccccc6sc5c43)n2)cc1. The van der Waals surface area contributed by atoms with E-state index in [2.05, 4.69) is 142 Å². The van der Waals surface area contributed by atoms with E-state index in [0.717, 1.165) is 49.7 Å². The van der Waals surface area contributed by atoms with Gasteiger partial charge in [-0.25, -0.2) is 4.98 Å². The zero-order valence-corrected chi connectivity index (χ0v) is 27.9. The Kier molecular flexibility index (Phi) is 6.02. The Hall–Kier alpha value is -6.70. The lowest BCUT2D eigenvalue weighted by atomic mass is 10.1. The van der Waals surface area contributed by atoms with E-state index < -0.39 is 0 Å². The smallest absolute Gasteiger partial charge is 0.238 e. The zero-order chi connectivity index (χ0) is 33.5. The van der Waals surface area contributed by atoms with Crippen LogP contribution in [0.3, 0.4) is 0 Å². The van der Waals surface area contributed by atoms with Crippen molar-refractivity contribution in [1.29, 1.82) is 0 Å². The Balaban J connectivity index is 1.25. The van der Waals surface area contributed by atoms with E-state index in [9.17, 15) is 0 Å². The predicted octanol–water partition coefficient (Wildman–Crippen LogP) is 11.2. The van der Waals surface area contributed by atoms with Crippen LogP contribution in [0.2, 0.25) is 0 Å². The van der Waals surface area contributed by atoms with Crippen LogP contribution in [0.15, 0.2) is 158 Å². The summed E-state index contributed by atoms with van der Waals surface area (Å²) < 4.78 is 6.99. The lowest BCUT2D eigenvalue weighted by Crippen LogP contribution is -2.07. The number of rotatable bonds is 4. The quantitative estimate of drug-likeness (QED) is 0.187. The molecule has 0 saturated carbocycles. The second kappa shape index (κ2) is 10.9. The van der Waals surface area contributed by atoms with Gasteiger partial charge in [-0.15, -0.1) is 11.3 Å². The van der Waals surface area contributed by atoms with Crippen LogP contribution < -0.4 is 0 Å². The van der Waals surface area contributed by atoms with Crippen LogP contribution in [-0.2, 0) is 0 Å². The average molecular weight is 671 g/mol. The van der Waals surface area contributed by atoms with Crippen LogP contribution >= 0.6 is 11.3 Å². The summed E-state index contributed by atoms with van der Waals surface area (Å²) in [6.07, 6.45) is 3.80. The molecule has 0 N–H and O–H groups in total. The van der Waals surface area contributed by atoms with Crippen molar-refractivity contribution in [3.8, 4) is 34.4 Å². The van der Waals surface area contributed by atoms with Crippen molar-refractivity contribution in [3.63, 3.8) is 0 Å². The van der Waals surface area contributed by atoms with Crippen molar-refractivity contribution in [2.45, 2.75) is 0 Å². The molecule has 0 saturated heterocycles. The number of hydrogen-bond acceptors (Lipinski definition) is 5. The van der Waals surface area contributed by atoms with Gasteiger partial charge in [0.1, 0.15) is 0 Å². The molecular formula is C44H26N6S. The molecule has 11 aromatic rings. The van der Waals surface area contributed by atoms with Crippen molar-refractivity contribution in [2.24, 2.45) is 0 Å². The normalized spacial score (nSPS) is 11.9. The lowest BCUT2D eigenvalue weighted by Gasteiger charge is -2.15. The van der Waals surface area contributed by atoms with Gasteiger partial charge in [-0.05, 0) is 36.4 Å². The maximum atomic E-state index is 5.38. The molecule has 0 radical (unpaired) electrons. The molecular weight excluding hydrogens is 645 g/mol. The van der Waals surface area contributed by atoms with Gasteiger partial charge >= 0.3 is 0 Å². The van der Waals surface area contributed by atoms with Crippen LogP contribution in [0.4, 0.5) is 0 Å². The Bertz CT molecular complexity index is 3100. The topological polar surface area (TPSA) is 61.4 Å². The summed E-state index contributed by atoms with van der Waals surface area (Å²) >= 11 is 1.82. The number of nitrogens with zero attached hydrogens (tertiary/aromatic N) is 6. The maximum absolute atomic E-state index is 5.38. The number of hydrogen-bond donors (Lipinski definition) is 0. The molecule has 0 aliphatic carbocycles. The Morgan fingerprint density at radius 2 is 1.10 bits per heavy atom. The molecule has 238 valence electrons. The molecule has 6 nitrogen and oxygen atoms in total. The molecule has 0 spiro atoms. The molecule has 0 bridgehead atoms. The molecule has 5 heterocycles. The fourth-order valence-electron chi connectivity index (χ4n) is 7.68. The van der Waals surface area contributed by atoms with E-state index in [-0.39, 0.29) is 0 Å². The fourth-order valence-corrected chi connectivity index (χ4v) is 8.92. The monoisotopic (exact) mass is 670 g/mol. The number of fused-ring (bicyclic) bond motifs is 10. The number of para-hydroxylation sites is 3. The molecule has 0 fully saturated rings. The third kappa shape index (κ3) is 4.16. The minimum atomic E-state index is 0.578. The van der Waals surface area contributed by atoms with Gasteiger partial charge in [0.15, 0.2) is 11.6 Å². The largest absolute Gasteiger partial charge is 0.307 e. The van der Waals surface area contributed by atoms with Crippen molar-refractivity contribution in [2.75, 3.05) is 0 Å². The lowest BCUT2D eigenvalue weighted by molar-refractivity contribution is 0.953. The van der Waals surface area contributed by atoms with Crippen molar-refractivity contribution >= 4 is 75.1 Å². The maximum Gasteiger partial charge on any atom is 0.238 e. The molecule has 51 heavy (non-hydrogen) atoms. The molecule has 5 aromatic heterocycles. The minimum absolute atomic E-state index is 0.578. The van der Waals surface area contributed by atoms with Crippen LogP contribution in [0.5, 0.6) is 0 Å². The summed E-state index contributed by atoms with van der Waals surface area (Å²) in [6, 6.07) is 50.8. The minimum Gasteiger partial charge on any atom is -0.307 e. The van der Waals surface area contributed by atoms with Gasteiger partial charge in [0.05, 0.1) is 38.7 Å². The summed E-state index contributed by atoms with van der Waals surface area (Å²) in [4.78, 5) is 20.4. The fraction of sp³-hybridized carbons (Fsp3) is 0. The summed E-state index contributed by atoms with van der Waals surface area (Å²) in [5, 5.41) is 7.14. The average Bonchev–Trinajstić information content (AvgIpc) is 3.86. The standard InChI is InChI=1S/C44H26N6S/c1-2-12-27(13-3-1)42-46-43(34-17-6-10-20-37(34)49-35-18-8-4-14-28(35)30-24-25-45-26-38(30)49)48-44(47-42)50-36-19-9-5-15-29(36)32-22-23-33-31-16-7-11-21-39(31)51-41(33)40(32)50/h1-26H. The summed E-state index contributed by atoms with van der Waals surface area (Å²) in [7, 11) is 0. The number of pyridine rings is 1. The molecule has 6 aromatic carbocycles. The highest BCUT2D eigenvalue weighted by molar-refractivity contribution is 7.26. The van der Waals surface area contributed by atoms with E-state index >= 15 is 0 Å². The van der Waals surface area contributed by atoms with E-state index in [0.29, 0.717) is 17.6 Å². The van der Waals surface area contributed by atoms with E-state index in [1.54, 1.807) is 0 Å². The number of benzene rings is 6. The third-order valence-corrected chi connectivity index (χ3v) is 11.1. The van der Waals surface area contributed by atoms with Gasteiger partial charge in [-0.2, -0.15) is 9.97 Å². The third-order valence-electron chi connectivity index (χ3n) is 9.90. The predicted molar refractivity (Wildman–Crippen MR) is 210 cm³/mol. The van der Waals surface area contributed by atoms with Crippen molar-refractivity contribution in [3.05, 3.63) is 158 Å². The van der Waals surface area contributed by atoms with Crippen molar-refractivity contribution in [1.82, 2.24) is 29.1 Å². The number of thiophene rings is 1. The second-order valence-corrected chi connectivity index (χ2v) is 13.8. The molecule has 0 aliphatic rings. The van der Waals surface area contributed by atoms with Crippen molar-refractivity contribution < 1.29 is 0 Å². The first-order chi connectivity index (χ1) is 25.3. The van der Waals surface area contributed by atoms with Gasteiger partial charge < -0.3 is 4.57 Å². The Labute approximate surface area is 295 Å². The zero-order valence-electron chi connectivity index (χ0n) is 27.1. The molecule has 0 amide bonds. The van der Waals surface area contributed by atoms with Gasteiger partial charge in [-0.1, -0.05) is 109 Å². The van der Waals surface area contributed by atoms with Crippen LogP contribution in [0, 0.1) is 0 Å². The highest BCUT2D eigenvalue weighted by atomic mass is 32.1. The van der Waals surface area contributed by atoms with Crippen LogP contribution in [0.1, 0.15) is 0 Å².